The fourth-order valence-corrected chi connectivity index (χ4v) is 3.87. The molecular weight excluding hydrogens is 425 g/mol. The zero-order chi connectivity index (χ0) is 22.5. The minimum absolute atomic E-state index is 0.0390. The van der Waals surface area contributed by atoms with E-state index in [4.69, 9.17) is 16.9 Å². The van der Waals surface area contributed by atoms with Crippen LogP contribution in [0.5, 0.6) is 0 Å². The van der Waals surface area contributed by atoms with Crippen LogP contribution < -0.4 is 10.6 Å². The molecule has 0 radical (unpaired) electrons. The molecule has 1 fully saturated rings. The number of nitrogens with zero attached hydrogens (tertiary/aromatic N) is 2. The van der Waals surface area contributed by atoms with Crippen LogP contribution in [0, 0.1) is 23.1 Å². The van der Waals surface area contributed by atoms with Crippen LogP contribution in [0.15, 0.2) is 18.5 Å². The molecule has 10 heteroatoms. The number of nitriles is 1. The molecule has 1 aliphatic rings. The number of imidazole rings is 1. The van der Waals surface area contributed by atoms with Crippen LogP contribution in [0.25, 0.3) is 0 Å². The lowest BCUT2D eigenvalue weighted by atomic mass is 9.85. The molecule has 1 heterocycles. The highest BCUT2D eigenvalue weighted by molar-refractivity contribution is 6.34. The number of anilines is 1. The van der Waals surface area contributed by atoms with Crippen molar-refractivity contribution in [3.8, 4) is 6.07 Å². The molecule has 2 aromatic rings. The second kappa shape index (κ2) is 9.71. The van der Waals surface area contributed by atoms with Crippen molar-refractivity contribution in [1.82, 2.24) is 15.3 Å². The van der Waals surface area contributed by atoms with E-state index < -0.39 is 11.7 Å². The number of amides is 2. The minimum atomic E-state index is -0.656. The van der Waals surface area contributed by atoms with Gasteiger partial charge in [-0.15, -0.1) is 0 Å². The SMILES string of the molecule is CCC(=O)c1nc[nH]c1C(=O)NC1CCC(C(=O)Nc2c(Cl)cc(F)cc2C#N)CC1. The fourth-order valence-electron chi connectivity index (χ4n) is 3.62. The number of Topliss-reactive ketones (excluding diaryl/α,β-unsaturated/α-hetero) is 1. The third-order valence-corrected chi connectivity index (χ3v) is 5.61. The van der Waals surface area contributed by atoms with E-state index >= 15 is 0 Å². The Labute approximate surface area is 183 Å². The van der Waals surface area contributed by atoms with Crippen LogP contribution in [-0.2, 0) is 4.79 Å². The van der Waals surface area contributed by atoms with Crippen molar-refractivity contribution in [3.05, 3.63) is 46.3 Å². The molecule has 8 nitrogen and oxygen atoms in total. The van der Waals surface area contributed by atoms with Crippen LogP contribution in [-0.4, -0.2) is 33.6 Å². The van der Waals surface area contributed by atoms with Crippen molar-refractivity contribution < 1.29 is 18.8 Å². The molecule has 0 aliphatic heterocycles. The standard InChI is InChI=1S/C21H21ClFN5O3/c1-2-16(29)18-19(26-10-25-18)21(31)27-14-5-3-11(4-6-14)20(30)28-17-12(9-24)7-13(23)8-15(17)22/h7-8,10-11,14H,2-6H2,1H3,(H,25,26)(H,27,31)(H,28,30). The van der Waals surface area contributed by atoms with Crippen molar-refractivity contribution in [3.63, 3.8) is 0 Å². The summed E-state index contributed by atoms with van der Waals surface area (Å²) < 4.78 is 13.4. The van der Waals surface area contributed by atoms with Gasteiger partial charge in [0.25, 0.3) is 5.91 Å². The van der Waals surface area contributed by atoms with Gasteiger partial charge < -0.3 is 15.6 Å². The number of benzene rings is 1. The summed E-state index contributed by atoms with van der Waals surface area (Å²) in [6.07, 6.45) is 3.73. The smallest absolute Gasteiger partial charge is 0.270 e. The Morgan fingerprint density at radius 3 is 2.65 bits per heavy atom. The molecule has 0 spiro atoms. The molecule has 1 aliphatic carbocycles. The molecule has 31 heavy (non-hydrogen) atoms. The van der Waals surface area contributed by atoms with Gasteiger partial charge in [0.15, 0.2) is 5.78 Å². The van der Waals surface area contributed by atoms with Crippen LogP contribution in [0.4, 0.5) is 10.1 Å². The Hall–Kier alpha value is -3.25. The first-order valence-electron chi connectivity index (χ1n) is 9.91. The molecule has 1 aromatic carbocycles. The van der Waals surface area contributed by atoms with Gasteiger partial charge in [-0.2, -0.15) is 5.26 Å². The molecule has 0 unspecified atom stereocenters. The summed E-state index contributed by atoms with van der Waals surface area (Å²) in [6, 6.07) is 3.73. The van der Waals surface area contributed by atoms with E-state index in [1.165, 1.54) is 6.33 Å². The topological polar surface area (TPSA) is 128 Å². The van der Waals surface area contributed by atoms with Gasteiger partial charge in [-0.05, 0) is 37.8 Å². The van der Waals surface area contributed by atoms with Gasteiger partial charge in [0, 0.05) is 18.4 Å². The quantitative estimate of drug-likeness (QED) is 0.585. The van der Waals surface area contributed by atoms with Crippen molar-refractivity contribution >= 4 is 34.9 Å². The Balaban J connectivity index is 1.57. The maximum Gasteiger partial charge on any atom is 0.270 e. The number of aromatic nitrogens is 2. The molecular formula is C21H21ClFN5O3. The maximum absolute atomic E-state index is 13.4. The van der Waals surface area contributed by atoms with Crippen molar-refractivity contribution in [2.75, 3.05) is 5.32 Å². The minimum Gasteiger partial charge on any atom is -0.348 e. The van der Waals surface area contributed by atoms with Gasteiger partial charge in [-0.25, -0.2) is 9.37 Å². The van der Waals surface area contributed by atoms with E-state index in [0.29, 0.717) is 25.7 Å². The molecule has 3 rings (SSSR count). The summed E-state index contributed by atoms with van der Waals surface area (Å²) in [7, 11) is 0. The van der Waals surface area contributed by atoms with E-state index in [0.717, 1.165) is 12.1 Å². The summed E-state index contributed by atoms with van der Waals surface area (Å²) in [4.78, 5) is 43.7. The molecule has 2 amide bonds. The highest BCUT2D eigenvalue weighted by Gasteiger charge is 2.29. The van der Waals surface area contributed by atoms with Crippen LogP contribution in [0.2, 0.25) is 5.02 Å². The van der Waals surface area contributed by atoms with E-state index in [1.807, 2.05) is 6.07 Å². The fraction of sp³-hybridized carbons (Fsp3) is 0.381. The number of hydrogen-bond acceptors (Lipinski definition) is 5. The Morgan fingerprint density at radius 1 is 1.29 bits per heavy atom. The predicted octanol–water partition coefficient (Wildman–Crippen LogP) is 3.59. The van der Waals surface area contributed by atoms with Crippen LogP contribution in [0.3, 0.4) is 0 Å². The number of aromatic amines is 1. The number of halogens is 2. The molecule has 162 valence electrons. The average molecular weight is 446 g/mol. The number of rotatable bonds is 6. The van der Waals surface area contributed by atoms with Crippen LogP contribution >= 0.6 is 11.6 Å². The average Bonchev–Trinajstić information content (AvgIpc) is 3.25. The van der Waals surface area contributed by atoms with Gasteiger partial charge in [0.05, 0.1) is 22.6 Å². The van der Waals surface area contributed by atoms with Gasteiger partial charge in [-0.3, -0.25) is 14.4 Å². The third-order valence-electron chi connectivity index (χ3n) is 5.31. The lowest BCUT2D eigenvalue weighted by Crippen LogP contribution is -2.40. The molecule has 1 aromatic heterocycles. The number of nitrogens with one attached hydrogen (secondary N) is 3. The summed E-state index contributed by atoms with van der Waals surface area (Å²) in [6.45, 7) is 1.70. The van der Waals surface area contributed by atoms with Gasteiger partial charge in [-0.1, -0.05) is 18.5 Å². The highest BCUT2D eigenvalue weighted by atomic mass is 35.5. The van der Waals surface area contributed by atoms with E-state index in [-0.39, 0.29) is 57.7 Å². The number of ketones is 1. The first kappa shape index (κ1) is 22.4. The Bertz CT molecular complexity index is 1050. The summed E-state index contributed by atoms with van der Waals surface area (Å²) in [5.41, 5.74) is 0.314. The van der Waals surface area contributed by atoms with Gasteiger partial charge in [0.1, 0.15) is 23.3 Å². The molecule has 1 saturated carbocycles. The Kier molecular flexibility index (Phi) is 7.02. The van der Waals surface area contributed by atoms with E-state index in [1.54, 1.807) is 6.92 Å². The van der Waals surface area contributed by atoms with Crippen molar-refractivity contribution in [2.45, 2.75) is 45.1 Å². The van der Waals surface area contributed by atoms with Gasteiger partial charge in [0.2, 0.25) is 5.91 Å². The monoisotopic (exact) mass is 445 g/mol. The number of H-pyrrole nitrogens is 1. The zero-order valence-corrected chi connectivity index (χ0v) is 17.6. The molecule has 3 N–H and O–H groups in total. The predicted molar refractivity (Wildman–Crippen MR) is 111 cm³/mol. The van der Waals surface area contributed by atoms with Crippen molar-refractivity contribution in [1.29, 1.82) is 5.26 Å². The second-order valence-corrected chi connectivity index (χ2v) is 7.74. The van der Waals surface area contributed by atoms with E-state index in [2.05, 4.69) is 20.6 Å². The number of carbonyl (C=O) groups is 3. The van der Waals surface area contributed by atoms with Crippen LogP contribution in [0.1, 0.15) is 65.6 Å². The number of hydrogen-bond donors (Lipinski definition) is 3. The van der Waals surface area contributed by atoms with E-state index in [9.17, 15) is 18.8 Å². The maximum atomic E-state index is 13.4. The summed E-state index contributed by atoms with van der Waals surface area (Å²) in [5, 5.41) is 14.6. The lowest BCUT2D eigenvalue weighted by molar-refractivity contribution is -0.120. The van der Waals surface area contributed by atoms with Crippen molar-refractivity contribution in [2.24, 2.45) is 5.92 Å². The largest absolute Gasteiger partial charge is 0.348 e. The Morgan fingerprint density at radius 2 is 2.00 bits per heavy atom. The molecule has 0 atom stereocenters. The molecule has 0 saturated heterocycles. The number of carbonyl (C=O) groups excluding carboxylic acids is 3. The second-order valence-electron chi connectivity index (χ2n) is 7.34. The zero-order valence-electron chi connectivity index (χ0n) is 16.8. The summed E-state index contributed by atoms with van der Waals surface area (Å²) in [5.74, 6) is -1.91. The van der Waals surface area contributed by atoms with Gasteiger partial charge >= 0.3 is 0 Å². The third kappa shape index (κ3) is 5.09. The highest BCUT2D eigenvalue weighted by Crippen LogP contribution is 2.30. The summed E-state index contributed by atoms with van der Waals surface area (Å²) >= 11 is 5.99. The lowest BCUT2D eigenvalue weighted by Gasteiger charge is -2.28. The molecule has 0 bridgehead atoms. The first-order valence-corrected chi connectivity index (χ1v) is 10.3. The normalized spacial score (nSPS) is 18.1. The first-order chi connectivity index (χ1) is 14.8.